The van der Waals surface area contributed by atoms with Crippen LogP contribution in [0.15, 0.2) is 30.5 Å². The van der Waals surface area contributed by atoms with Gasteiger partial charge in [0.2, 0.25) is 0 Å². The first kappa shape index (κ1) is 16.5. The molecule has 0 aliphatic carbocycles. The van der Waals surface area contributed by atoms with Crippen molar-refractivity contribution in [2.75, 3.05) is 18.5 Å². The fourth-order valence-electron chi connectivity index (χ4n) is 2.37. The molecule has 1 unspecified atom stereocenters. The summed E-state index contributed by atoms with van der Waals surface area (Å²) in [7, 11) is 0. The number of fused-ring (bicyclic) bond motifs is 1. The summed E-state index contributed by atoms with van der Waals surface area (Å²) in [4.78, 5) is 4.02. The number of hydrogen-bond donors (Lipinski definition) is 2. The van der Waals surface area contributed by atoms with Crippen LogP contribution in [0.3, 0.4) is 0 Å². The fourth-order valence-corrected chi connectivity index (χ4v) is 2.37. The van der Waals surface area contributed by atoms with Crippen molar-refractivity contribution in [1.29, 1.82) is 0 Å². The first-order valence-corrected chi connectivity index (χ1v) is 7.26. The van der Waals surface area contributed by atoms with Crippen molar-refractivity contribution in [2.45, 2.75) is 25.9 Å². The Kier molecular flexibility index (Phi) is 5.24. The monoisotopic (exact) mass is 312 g/mol. The molecular weight excluding hydrogens is 293 g/mol. The van der Waals surface area contributed by atoms with Crippen molar-refractivity contribution in [1.82, 2.24) is 4.98 Å². The van der Waals surface area contributed by atoms with Gasteiger partial charge in [0.25, 0.3) is 0 Å². The maximum absolute atomic E-state index is 12.7. The molecule has 0 saturated carbocycles. The predicted octanol–water partition coefficient (Wildman–Crippen LogP) is 4.07. The zero-order chi connectivity index (χ0) is 16.2. The molecular formula is C16H19F3N2O. The number of hydrogen-bond acceptors (Lipinski definition) is 3. The highest BCUT2D eigenvalue weighted by Gasteiger charge is 2.30. The lowest BCUT2D eigenvalue weighted by Crippen LogP contribution is -2.15. The second-order valence-electron chi connectivity index (χ2n) is 5.26. The zero-order valence-corrected chi connectivity index (χ0v) is 12.3. The SMILES string of the molecule is CCC(CCO)CNc1ccnc2cc(C(F)(F)F)ccc12. The van der Waals surface area contributed by atoms with Gasteiger partial charge in [-0.25, -0.2) is 0 Å². The van der Waals surface area contributed by atoms with Crippen molar-refractivity contribution in [3.05, 3.63) is 36.0 Å². The number of benzene rings is 1. The van der Waals surface area contributed by atoms with E-state index >= 15 is 0 Å². The molecule has 0 bridgehead atoms. The Morgan fingerprint density at radius 1 is 1.27 bits per heavy atom. The van der Waals surface area contributed by atoms with Crippen LogP contribution in [0, 0.1) is 5.92 Å². The molecule has 0 amide bonds. The smallest absolute Gasteiger partial charge is 0.396 e. The zero-order valence-electron chi connectivity index (χ0n) is 12.3. The summed E-state index contributed by atoms with van der Waals surface area (Å²) in [5, 5.41) is 12.9. The first-order valence-electron chi connectivity index (χ1n) is 7.26. The molecule has 22 heavy (non-hydrogen) atoms. The van der Waals surface area contributed by atoms with Gasteiger partial charge in [0.05, 0.1) is 11.1 Å². The van der Waals surface area contributed by atoms with Crippen LogP contribution in [-0.2, 0) is 6.18 Å². The molecule has 6 heteroatoms. The van der Waals surface area contributed by atoms with Gasteiger partial charge in [-0.2, -0.15) is 13.2 Å². The first-order chi connectivity index (χ1) is 10.5. The van der Waals surface area contributed by atoms with Gasteiger partial charge in [0.15, 0.2) is 0 Å². The Bertz CT molecular complexity index is 628. The second kappa shape index (κ2) is 6.96. The Balaban J connectivity index is 2.24. The largest absolute Gasteiger partial charge is 0.416 e. The van der Waals surface area contributed by atoms with Gasteiger partial charge in [0, 0.05) is 30.4 Å². The molecule has 2 rings (SSSR count). The quantitative estimate of drug-likeness (QED) is 0.845. The average Bonchev–Trinajstić information content (AvgIpc) is 2.50. The Morgan fingerprint density at radius 3 is 2.68 bits per heavy atom. The average molecular weight is 312 g/mol. The topological polar surface area (TPSA) is 45.1 Å². The van der Waals surface area contributed by atoms with Crippen LogP contribution in [0.1, 0.15) is 25.3 Å². The number of anilines is 1. The van der Waals surface area contributed by atoms with Crippen LogP contribution in [0.4, 0.5) is 18.9 Å². The summed E-state index contributed by atoms with van der Waals surface area (Å²) >= 11 is 0. The van der Waals surface area contributed by atoms with Crippen molar-refractivity contribution in [3.63, 3.8) is 0 Å². The van der Waals surface area contributed by atoms with Gasteiger partial charge < -0.3 is 10.4 Å². The van der Waals surface area contributed by atoms with Gasteiger partial charge in [-0.3, -0.25) is 4.98 Å². The van der Waals surface area contributed by atoms with Crippen LogP contribution in [0.5, 0.6) is 0 Å². The maximum Gasteiger partial charge on any atom is 0.416 e. The summed E-state index contributed by atoms with van der Waals surface area (Å²) < 4.78 is 38.2. The Morgan fingerprint density at radius 2 is 2.05 bits per heavy atom. The van der Waals surface area contributed by atoms with E-state index in [1.54, 1.807) is 6.07 Å². The highest BCUT2D eigenvalue weighted by molar-refractivity contribution is 5.91. The summed E-state index contributed by atoms with van der Waals surface area (Å²) in [5.74, 6) is 0.322. The summed E-state index contributed by atoms with van der Waals surface area (Å²) in [6.07, 6.45) is -1.24. The van der Waals surface area contributed by atoms with E-state index in [0.29, 0.717) is 29.8 Å². The molecule has 1 aromatic carbocycles. The van der Waals surface area contributed by atoms with E-state index in [0.717, 1.165) is 24.2 Å². The third kappa shape index (κ3) is 3.88. The van der Waals surface area contributed by atoms with Gasteiger partial charge >= 0.3 is 6.18 Å². The normalized spacial score (nSPS) is 13.3. The number of aromatic nitrogens is 1. The number of nitrogens with one attached hydrogen (secondary N) is 1. The molecule has 3 nitrogen and oxygen atoms in total. The van der Waals surface area contributed by atoms with Crippen LogP contribution in [0.2, 0.25) is 0 Å². The Hall–Kier alpha value is -1.82. The lowest BCUT2D eigenvalue weighted by Gasteiger charge is -2.16. The van der Waals surface area contributed by atoms with Crippen molar-refractivity contribution in [3.8, 4) is 0 Å². The molecule has 0 aliphatic heterocycles. The number of aliphatic hydroxyl groups excluding tert-OH is 1. The van der Waals surface area contributed by atoms with Crippen LogP contribution in [-0.4, -0.2) is 23.2 Å². The van der Waals surface area contributed by atoms with E-state index in [-0.39, 0.29) is 6.61 Å². The maximum atomic E-state index is 12.7. The summed E-state index contributed by atoms with van der Waals surface area (Å²) in [6.45, 7) is 2.84. The highest BCUT2D eigenvalue weighted by atomic mass is 19.4. The van der Waals surface area contributed by atoms with Gasteiger partial charge in [-0.15, -0.1) is 0 Å². The minimum absolute atomic E-state index is 0.131. The third-order valence-corrected chi connectivity index (χ3v) is 3.77. The van der Waals surface area contributed by atoms with Gasteiger partial charge in [-0.1, -0.05) is 19.4 Å². The molecule has 0 radical (unpaired) electrons. The van der Waals surface area contributed by atoms with E-state index in [1.165, 1.54) is 12.3 Å². The third-order valence-electron chi connectivity index (χ3n) is 3.77. The fraction of sp³-hybridized carbons (Fsp3) is 0.438. The van der Waals surface area contributed by atoms with E-state index in [2.05, 4.69) is 10.3 Å². The van der Waals surface area contributed by atoms with Crippen molar-refractivity contribution in [2.24, 2.45) is 5.92 Å². The molecule has 120 valence electrons. The number of nitrogens with zero attached hydrogens (tertiary/aromatic N) is 1. The molecule has 0 saturated heterocycles. The van der Waals surface area contributed by atoms with Crippen molar-refractivity contribution < 1.29 is 18.3 Å². The standard InChI is InChI=1S/C16H19F3N2O/c1-2-11(6-8-22)10-21-14-5-7-20-15-9-12(16(17,18)19)3-4-13(14)15/h3-5,7,9,11,22H,2,6,8,10H2,1H3,(H,20,21). The summed E-state index contributed by atoms with van der Waals surface area (Å²) in [5.41, 5.74) is 0.376. The van der Waals surface area contributed by atoms with Gasteiger partial charge in [0.1, 0.15) is 0 Å². The number of alkyl halides is 3. The minimum Gasteiger partial charge on any atom is -0.396 e. The minimum atomic E-state index is -4.37. The molecule has 0 fully saturated rings. The molecule has 1 heterocycles. The molecule has 2 aromatic rings. The number of aliphatic hydroxyl groups is 1. The van der Waals surface area contributed by atoms with Gasteiger partial charge in [-0.05, 0) is 30.5 Å². The second-order valence-corrected chi connectivity index (χ2v) is 5.26. The lowest BCUT2D eigenvalue weighted by molar-refractivity contribution is -0.137. The molecule has 2 N–H and O–H groups in total. The molecule has 0 aliphatic rings. The van der Waals surface area contributed by atoms with E-state index in [1.807, 2.05) is 6.92 Å². The highest BCUT2D eigenvalue weighted by Crippen LogP contribution is 2.32. The van der Waals surface area contributed by atoms with Crippen LogP contribution in [0.25, 0.3) is 10.9 Å². The van der Waals surface area contributed by atoms with E-state index < -0.39 is 11.7 Å². The number of pyridine rings is 1. The predicted molar refractivity (Wildman–Crippen MR) is 80.7 cm³/mol. The van der Waals surface area contributed by atoms with Crippen LogP contribution < -0.4 is 5.32 Å². The van der Waals surface area contributed by atoms with Crippen molar-refractivity contribution >= 4 is 16.6 Å². The molecule has 1 atom stereocenters. The molecule has 1 aromatic heterocycles. The summed E-state index contributed by atoms with van der Waals surface area (Å²) in [6, 6.07) is 5.33. The lowest BCUT2D eigenvalue weighted by atomic mass is 10.0. The number of rotatable bonds is 6. The number of halogens is 3. The van der Waals surface area contributed by atoms with E-state index in [4.69, 9.17) is 5.11 Å². The van der Waals surface area contributed by atoms with Crippen LogP contribution >= 0.6 is 0 Å². The molecule has 0 spiro atoms. The van der Waals surface area contributed by atoms with E-state index in [9.17, 15) is 13.2 Å². The Labute approximate surface area is 127 Å².